The van der Waals surface area contributed by atoms with Crippen LogP contribution < -0.4 is 0 Å². The molecule has 2 atom stereocenters. The largest absolute Gasteiger partial charge is 0.342 e. The Morgan fingerprint density at radius 1 is 1.60 bits per heavy atom. The average Bonchev–Trinajstić information content (AvgIpc) is 2.28. The Morgan fingerprint density at radius 2 is 2.33 bits per heavy atom. The summed E-state index contributed by atoms with van der Waals surface area (Å²) in [6, 6.07) is 0. The second-order valence-corrected chi connectivity index (χ2v) is 5.37. The van der Waals surface area contributed by atoms with E-state index in [-0.39, 0.29) is 5.92 Å². The number of amides is 1. The van der Waals surface area contributed by atoms with Crippen molar-refractivity contribution in [3.63, 3.8) is 0 Å². The normalized spacial score (nSPS) is 23.9. The first kappa shape index (κ1) is 13.0. The lowest BCUT2D eigenvalue weighted by Crippen LogP contribution is -2.42. The molecule has 0 aromatic heterocycles. The Morgan fingerprint density at radius 3 is 2.93 bits per heavy atom. The van der Waals surface area contributed by atoms with Crippen molar-refractivity contribution in [2.45, 2.75) is 39.5 Å². The number of carbonyl (C=O) groups is 1. The molecule has 0 N–H and O–H groups in total. The first-order valence-electron chi connectivity index (χ1n) is 6.03. The molecule has 0 spiro atoms. The zero-order chi connectivity index (χ0) is 11.3. The number of halogens is 1. The third-order valence-electron chi connectivity index (χ3n) is 3.38. The van der Waals surface area contributed by atoms with Crippen LogP contribution in [0.3, 0.4) is 0 Å². The Kier molecular flexibility index (Phi) is 5.65. The standard InChI is InChI=1S/C12H22BrNO/c1-3-10(2)12(15)14-8-4-5-11(9-14)6-7-13/h10-11H,3-9H2,1-2H3. The van der Waals surface area contributed by atoms with Gasteiger partial charge >= 0.3 is 0 Å². The van der Waals surface area contributed by atoms with E-state index in [9.17, 15) is 4.79 Å². The van der Waals surface area contributed by atoms with Crippen LogP contribution in [-0.2, 0) is 4.79 Å². The van der Waals surface area contributed by atoms with Crippen LogP contribution in [0.15, 0.2) is 0 Å². The number of hydrogen-bond donors (Lipinski definition) is 0. The van der Waals surface area contributed by atoms with Crippen LogP contribution in [-0.4, -0.2) is 29.2 Å². The highest BCUT2D eigenvalue weighted by Crippen LogP contribution is 2.22. The van der Waals surface area contributed by atoms with Gasteiger partial charge < -0.3 is 4.90 Å². The Balaban J connectivity index is 2.44. The average molecular weight is 276 g/mol. The van der Waals surface area contributed by atoms with Gasteiger partial charge in [-0.2, -0.15) is 0 Å². The number of alkyl halides is 1. The fourth-order valence-electron chi connectivity index (χ4n) is 2.14. The minimum absolute atomic E-state index is 0.202. The molecule has 15 heavy (non-hydrogen) atoms. The lowest BCUT2D eigenvalue weighted by atomic mass is 9.94. The molecule has 2 unspecified atom stereocenters. The topological polar surface area (TPSA) is 20.3 Å². The fraction of sp³-hybridized carbons (Fsp3) is 0.917. The van der Waals surface area contributed by atoms with Crippen LogP contribution in [0.1, 0.15) is 39.5 Å². The first-order valence-corrected chi connectivity index (χ1v) is 7.16. The first-order chi connectivity index (χ1) is 7.19. The van der Waals surface area contributed by atoms with E-state index < -0.39 is 0 Å². The number of carbonyl (C=O) groups excluding carboxylic acids is 1. The van der Waals surface area contributed by atoms with Gasteiger partial charge in [0.1, 0.15) is 0 Å². The molecule has 0 aromatic rings. The summed E-state index contributed by atoms with van der Waals surface area (Å²) < 4.78 is 0. The van der Waals surface area contributed by atoms with Crippen molar-refractivity contribution in [2.24, 2.45) is 11.8 Å². The molecule has 0 aliphatic carbocycles. The van der Waals surface area contributed by atoms with E-state index in [4.69, 9.17) is 0 Å². The molecule has 1 aliphatic heterocycles. The summed E-state index contributed by atoms with van der Waals surface area (Å²) in [5.74, 6) is 1.27. The molecule has 3 heteroatoms. The van der Waals surface area contributed by atoms with Crippen LogP contribution in [0.4, 0.5) is 0 Å². The minimum Gasteiger partial charge on any atom is -0.342 e. The van der Waals surface area contributed by atoms with E-state index in [0.717, 1.165) is 24.8 Å². The summed E-state index contributed by atoms with van der Waals surface area (Å²) >= 11 is 3.48. The zero-order valence-corrected chi connectivity index (χ0v) is 11.4. The molecule has 0 saturated carbocycles. The van der Waals surface area contributed by atoms with E-state index in [1.165, 1.54) is 19.3 Å². The van der Waals surface area contributed by atoms with E-state index >= 15 is 0 Å². The Labute approximate surface area is 102 Å². The van der Waals surface area contributed by atoms with Crippen molar-refractivity contribution in [2.75, 3.05) is 18.4 Å². The van der Waals surface area contributed by atoms with Crippen LogP contribution in [0, 0.1) is 11.8 Å². The number of piperidine rings is 1. The van der Waals surface area contributed by atoms with Gasteiger partial charge in [0.25, 0.3) is 0 Å². The molecule has 0 aromatic carbocycles. The summed E-state index contributed by atoms with van der Waals surface area (Å²) in [6.07, 6.45) is 4.62. The van der Waals surface area contributed by atoms with Crippen molar-refractivity contribution in [3.05, 3.63) is 0 Å². The Hall–Kier alpha value is -0.0500. The highest BCUT2D eigenvalue weighted by molar-refractivity contribution is 9.09. The molecule has 1 rings (SSSR count). The lowest BCUT2D eigenvalue weighted by molar-refractivity contribution is -0.136. The molecule has 1 heterocycles. The highest BCUT2D eigenvalue weighted by atomic mass is 79.9. The monoisotopic (exact) mass is 275 g/mol. The van der Waals surface area contributed by atoms with E-state index in [1.54, 1.807) is 0 Å². The SMILES string of the molecule is CCC(C)C(=O)N1CCCC(CCBr)C1. The minimum atomic E-state index is 0.202. The van der Waals surface area contributed by atoms with Gasteiger partial charge in [-0.1, -0.05) is 29.8 Å². The maximum absolute atomic E-state index is 12.0. The predicted molar refractivity (Wildman–Crippen MR) is 67.2 cm³/mol. The summed E-state index contributed by atoms with van der Waals surface area (Å²) in [6.45, 7) is 6.08. The number of hydrogen-bond acceptors (Lipinski definition) is 1. The summed E-state index contributed by atoms with van der Waals surface area (Å²) in [5, 5.41) is 1.06. The van der Waals surface area contributed by atoms with Gasteiger partial charge in [0, 0.05) is 24.3 Å². The summed E-state index contributed by atoms with van der Waals surface area (Å²) in [5.41, 5.74) is 0. The van der Waals surface area contributed by atoms with Crippen molar-refractivity contribution < 1.29 is 4.79 Å². The highest BCUT2D eigenvalue weighted by Gasteiger charge is 2.25. The fourth-order valence-corrected chi connectivity index (χ4v) is 2.79. The maximum Gasteiger partial charge on any atom is 0.225 e. The second-order valence-electron chi connectivity index (χ2n) is 4.58. The van der Waals surface area contributed by atoms with E-state index in [2.05, 4.69) is 27.8 Å². The number of nitrogens with zero attached hydrogens (tertiary/aromatic N) is 1. The Bertz CT molecular complexity index is 206. The van der Waals surface area contributed by atoms with Gasteiger partial charge in [0.2, 0.25) is 5.91 Å². The lowest BCUT2D eigenvalue weighted by Gasteiger charge is -2.34. The van der Waals surface area contributed by atoms with Crippen molar-refractivity contribution in [3.8, 4) is 0 Å². The van der Waals surface area contributed by atoms with Crippen molar-refractivity contribution >= 4 is 21.8 Å². The van der Waals surface area contributed by atoms with Gasteiger partial charge in [0.05, 0.1) is 0 Å². The number of rotatable bonds is 4. The molecular weight excluding hydrogens is 254 g/mol. The van der Waals surface area contributed by atoms with Gasteiger partial charge in [-0.3, -0.25) is 4.79 Å². The number of likely N-dealkylation sites (tertiary alicyclic amines) is 1. The smallest absolute Gasteiger partial charge is 0.225 e. The summed E-state index contributed by atoms with van der Waals surface area (Å²) in [7, 11) is 0. The van der Waals surface area contributed by atoms with Gasteiger partial charge in [-0.15, -0.1) is 0 Å². The predicted octanol–water partition coefficient (Wildman–Crippen LogP) is 3.06. The van der Waals surface area contributed by atoms with Crippen LogP contribution in [0.2, 0.25) is 0 Å². The molecule has 0 bridgehead atoms. The van der Waals surface area contributed by atoms with E-state index in [0.29, 0.717) is 11.8 Å². The molecule has 1 saturated heterocycles. The van der Waals surface area contributed by atoms with Gasteiger partial charge in [0.15, 0.2) is 0 Å². The molecule has 1 amide bonds. The quantitative estimate of drug-likeness (QED) is 0.723. The van der Waals surface area contributed by atoms with Crippen molar-refractivity contribution in [1.29, 1.82) is 0 Å². The zero-order valence-electron chi connectivity index (χ0n) is 9.84. The summed E-state index contributed by atoms with van der Waals surface area (Å²) in [4.78, 5) is 14.1. The third-order valence-corrected chi connectivity index (χ3v) is 3.84. The molecule has 88 valence electrons. The van der Waals surface area contributed by atoms with Crippen molar-refractivity contribution in [1.82, 2.24) is 4.90 Å². The third kappa shape index (κ3) is 3.78. The van der Waals surface area contributed by atoms with Crippen LogP contribution >= 0.6 is 15.9 Å². The van der Waals surface area contributed by atoms with Gasteiger partial charge in [-0.25, -0.2) is 0 Å². The molecule has 1 aliphatic rings. The molecule has 0 radical (unpaired) electrons. The maximum atomic E-state index is 12.0. The molecular formula is C12H22BrNO. The van der Waals surface area contributed by atoms with E-state index in [1.807, 2.05) is 6.92 Å². The van der Waals surface area contributed by atoms with Crippen LogP contribution in [0.5, 0.6) is 0 Å². The van der Waals surface area contributed by atoms with Crippen LogP contribution in [0.25, 0.3) is 0 Å². The van der Waals surface area contributed by atoms with Gasteiger partial charge in [-0.05, 0) is 31.6 Å². The molecule has 2 nitrogen and oxygen atoms in total. The second kappa shape index (κ2) is 6.51. The molecule has 1 fully saturated rings.